The first-order chi connectivity index (χ1) is 13.1. The van der Waals surface area contributed by atoms with Gasteiger partial charge in [-0.3, -0.25) is 9.78 Å². The highest BCUT2D eigenvalue weighted by Crippen LogP contribution is 2.22. The van der Waals surface area contributed by atoms with E-state index in [4.69, 9.17) is 4.74 Å². The topological polar surface area (TPSA) is 68.3 Å². The van der Waals surface area contributed by atoms with E-state index in [2.05, 4.69) is 10.3 Å². The number of amides is 1. The second-order valence-electron chi connectivity index (χ2n) is 6.05. The van der Waals surface area contributed by atoms with Crippen LogP contribution in [0.2, 0.25) is 0 Å². The summed E-state index contributed by atoms with van der Waals surface area (Å²) in [5.74, 6) is -0.925. The molecule has 2 aromatic carbocycles. The van der Waals surface area contributed by atoms with Gasteiger partial charge in [-0.25, -0.2) is 4.79 Å². The minimum absolute atomic E-state index is 0.332. The van der Waals surface area contributed by atoms with E-state index in [0.29, 0.717) is 5.56 Å². The monoisotopic (exact) mass is 360 g/mol. The van der Waals surface area contributed by atoms with E-state index in [9.17, 15) is 9.59 Å². The number of nitrogens with one attached hydrogen (secondary N) is 1. The van der Waals surface area contributed by atoms with E-state index in [1.165, 1.54) is 12.4 Å². The lowest BCUT2D eigenvalue weighted by Crippen LogP contribution is -2.38. The molecule has 1 heterocycles. The third-order valence-electron chi connectivity index (χ3n) is 4.12. The molecule has 5 heteroatoms. The number of carbonyl (C=O) groups excluding carboxylic acids is 2. The first-order valence-corrected chi connectivity index (χ1v) is 8.66. The molecule has 1 N–H and O–H groups in total. The van der Waals surface area contributed by atoms with Crippen molar-refractivity contribution in [2.24, 2.45) is 0 Å². The number of aromatic nitrogens is 1. The molecule has 0 unspecified atom stereocenters. The molecule has 0 saturated heterocycles. The fourth-order valence-corrected chi connectivity index (χ4v) is 2.68. The Morgan fingerprint density at radius 3 is 1.89 bits per heavy atom. The van der Waals surface area contributed by atoms with Crippen LogP contribution in [-0.2, 0) is 9.53 Å². The van der Waals surface area contributed by atoms with E-state index in [1.54, 1.807) is 19.1 Å². The Kier molecular flexibility index (Phi) is 5.94. The van der Waals surface area contributed by atoms with E-state index in [1.807, 2.05) is 60.7 Å². The quantitative estimate of drug-likeness (QED) is 0.683. The van der Waals surface area contributed by atoms with Crippen molar-refractivity contribution in [3.63, 3.8) is 0 Å². The summed E-state index contributed by atoms with van der Waals surface area (Å²) in [4.78, 5) is 28.7. The molecular formula is C22H20N2O3. The summed E-state index contributed by atoms with van der Waals surface area (Å²) < 4.78 is 5.29. The summed E-state index contributed by atoms with van der Waals surface area (Å²) in [6.45, 7) is 1.56. The maximum atomic E-state index is 12.7. The van der Waals surface area contributed by atoms with Gasteiger partial charge in [0.2, 0.25) is 0 Å². The minimum atomic E-state index is -0.930. The first kappa shape index (κ1) is 18.3. The van der Waals surface area contributed by atoms with Crippen LogP contribution in [0.5, 0.6) is 0 Å². The van der Waals surface area contributed by atoms with Crippen LogP contribution in [0.25, 0.3) is 0 Å². The first-order valence-electron chi connectivity index (χ1n) is 8.66. The van der Waals surface area contributed by atoms with Gasteiger partial charge in [0.1, 0.15) is 0 Å². The zero-order chi connectivity index (χ0) is 19.1. The van der Waals surface area contributed by atoms with Crippen LogP contribution in [0.1, 0.15) is 34.5 Å². The minimum Gasteiger partial charge on any atom is -0.449 e. The van der Waals surface area contributed by atoms with E-state index < -0.39 is 12.1 Å². The summed E-state index contributed by atoms with van der Waals surface area (Å²) in [6, 6.07) is 22.1. The van der Waals surface area contributed by atoms with Gasteiger partial charge in [-0.1, -0.05) is 60.7 Å². The molecule has 1 atom stereocenters. The molecule has 0 spiro atoms. The van der Waals surface area contributed by atoms with E-state index in [-0.39, 0.29) is 11.9 Å². The number of benzene rings is 2. The second kappa shape index (κ2) is 8.76. The summed E-state index contributed by atoms with van der Waals surface area (Å²) in [5, 5.41) is 2.98. The van der Waals surface area contributed by atoms with Crippen LogP contribution in [-0.4, -0.2) is 23.0 Å². The number of hydrogen-bond donors (Lipinski definition) is 1. The lowest BCUT2D eigenvalue weighted by atomic mass is 9.98. The summed E-state index contributed by atoms with van der Waals surface area (Å²) in [6.07, 6.45) is 2.07. The Morgan fingerprint density at radius 1 is 0.852 bits per heavy atom. The van der Waals surface area contributed by atoms with E-state index >= 15 is 0 Å². The molecule has 0 aliphatic heterocycles. The SMILES string of the molecule is C[C@H](OC(=O)c1ccncc1)C(=O)NC(c1ccccc1)c1ccccc1. The average Bonchev–Trinajstić information content (AvgIpc) is 2.73. The van der Waals surface area contributed by atoms with Crippen molar-refractivity contribution in [3.05, 3.63) is 102 Å². The summed E-state index contributed by atoms with van der Waals surface area (Å²) >= 11 is 0. The van der Waals surface area contributed by atoms with Crippen molar-refractivity contribution in [2.45, 2.75) is 19.1 Å². The lowest BCUT2D eigenvalue weighted by molar-refractivity contribution is -0.129. The molecule has 0 aliphatic carbocycles. The van der Waals surface area contributed by atoms with Gasteiger partial charge in [0.15, 0.2) is 6.10 Å². The normalized spacial score (nSPS) is 11.6. The number of nitrogens with zero attached hydrogens (tertiary/aromatic N) is 1. The fraction of sp³-hybridized carbons (Fsp3) is 0.136. The molecule has 1 aromatic heterocycles. The van der Waals surface area contributed by atoms with Gasteiger partial charge < -0.3 is 10.1 Å². The third kappa shape index (κ3) is 4.79. The third-order valence-corrected chi connectivity index (χ3v) is 4.12. The molecule has 27 heavy (non-hydrogen) atoms. The highest BCUT2D eigenvalue weighted by atomic mass is 16.5. The smallest absolute Gasteiger partial charge is 0.339 e. The molecule has 0 fully saturated rings. The van der Waals surface area contributed by atoms with Gasteiger partial charge in [0.25, 0.3) is 5.91 Å². The number of ether oxygens (including phenoxy) is 1. The number of rotatable bonds is 6. The van der Waals surface area contributed by atoms with Crippen LogP contribution in [0.4, 0.5) is 0 Å². The molecule has 0 radical (unpaired) electrons. The predicted octanol–water partition coefficient (Wildman–Crippen LogP) is 3.53. The standard InChI is InChI=1S/C22H20N2O3/c1-16(27-22(26)19-12-14-23-15-13-19)21(25)24-20(17-8-4-2-5-9-17)18-10-6-3-7-11-18/h2-16,20H,1H3,(H,24,25)/t16-/m0/s1. The molecule has 3 aromatic rings. The average molecular weight is 360 g/mol. The van der Waals surface area contributed by atoms with Crippen molar-refractivity contribution in [3.8, 4) is 0 Å². The van der Waals surface area contributed by atoms with Gasteiger partial charge in [-0.05, 0) is 30.2 Å². The summed E-state index contributed by atoms with van der Waals surface area (Å²) in [7, 11) is 0. The highest BCUT2D eigenvalue weighted by Gasteiger charge is 2.23. The Balaban J connectivity index is 1.73. The Morgan fingerprint density at radius 2 is 1.37 bits per heavy atom. The number of carbonyl (C=O) groups is 2. The molecular weight excluding hydrogens is 340 g/mol. The van der Waals surface area contributed by atoms with Crippen molar-refractivity contribution >= 4 is 11.9 Å². The highest BCUT2D eigenvalue weighted by molar-refractivity contribution is 5.92. The van der Waals surface area contributed by atoms with Gasteiger partial charge in [0.05, 0.1) is 11.6 Å². The molecule has 1 amide bonds. The van der Waals surface area contributed by atoms with E-state index in [0.717, 1.165) is 11.1 Å². The lowest BCUT2D eigenvalue weighted by Gasteiger charge is -2.22. The van der Waals surface area contributed by atoms with Crippen LogP contribution < -0.4 is 5.32 Å². The maximum absolute atomic E-state index is 12.7. The van der Waals surface area contributed by atoms with Crippen LogP contribution in [0.3, 0.4) is 0 Å². The van der Waals surface area contributed by atoms with Crippen molar-refractivity contribution < 1.29 is 14.3 Å². The van der Waals surface area contributed by atoms with Crippen molar-refractivity contribution in [1.29, 1.82) is 0 Å². The zero-order valence-electron chi connectivity index (χ0n) is 14.9. The fourth-order valence-electron chi connectivity index (χ4n) is 2.68. The molecule has 0 saturated carbocycles. The van der Waals surface area contributed by atoms with Crippen LogP contribution >= 0.6 is 0 Å². The second-order valence-corrected chi connectivity index (χ2v) is 6.05. The summed E-state index contributed by atoms with van der Waals surface area (Å²) in [5.41, 5.74) is 2.25. The number of hydrogen-bond acceptors (Lipinski definition) is 4. The van der Waals surface area contributed by atoms with Crippen LogP contribution in [0, 0.1) is 0 Å². The van der Waals surface area contributed by atoms with Crippen molar-refractivity contribution in [2.75, 3.05) is 0 Å². The Bertz CT molecular complexity index is 844. The molecule has 0 aliphatic rings. The Hall–Kier alpha value is -3.47. The van der Waals surface area contributed by atoms with Gasteiger partial charge in [-0.15, -0.1) is 0 Å². The molecule has 3 rings (SSSR count). The van der Waals surface area contributed by atoms with Gasteiger partial charge in [-0.2, -0.15) is 0 Å². The van der Waals surface area contributed by atoms with Gasteiger partial charge >= 0.3 is 5.97 Å². The van der Waals surface area contributed by atoms with Crippen LogP contribution in [0.15, 0.2) is 85.2 Å². The van der Waals surface area contributed by atoms with Crippen molar-refractivity contribution in [1.82, 2.24) is 10.3 Å². The molecule has 5 nitrogen and oxygen atoms in total. The predicted molar refractivity (Wildman–Crippen MR) is 102 cm³/mol. The molecule has 0 bridgehead atoms. The van der Waals surface area contributed by atoms with Gasteiger partial charge in [0, 0.05) is 12.4 Å². The largest absolute Gasteiger partial charge is 0.449 e. The molecule has 136 valence electrons. The number of esters is 1. The maximum Gasteiger partial charge on any atom is 0.339 e. The Labute approximate surface area is 158 Å². The number of pyridine rings is 1. The zero-order valence-corrected chi connectivity index (χ0v) is 14.9.